The molecule has 156 valence electrons. The molecule has 2 unspecified atom stereocenters. The smallest absolute Gasteiger partial charge is 0.341 e. The van der Waals surface area contributed by atoms with Gasteiger partial charge in [-0.25, -0.2) is 4.79 Å². The van der Waals surface area contributed by atoms with Crippen LogP contribution in [0.3, 0.4) is 0 Å². The first kappa shape index (κ1) is 21.7. The summed E-state index contributed by atoms with van der Waals surface area (Å²) in [5.41, 5.74) is 1.53. The fourth-order valence-corrected chi connectivity index (χ4v) is 5.05. The van der Waals surface area contributed by atoms with Gasteiger partial charge >= 0.3 is 5.97 Å². The van der Waals surface area contributed by atoms with Gasteiger partial charge in [-0.1, -0.05) is 31.0 Å². The van der Waals surface area contributed by atoms with Crippen LogP contribution >= 0.6 is 22.9 Å². The van der Waals surface area contributed by atoms with Gasteiger partial charge in [0.05, 0.1) is 12.2 Å². The fourth-order valence-electron chi connectivity index (χ4n) is 3.52. The Hall–Kier alpha value is -2.05. The molecule has 0 spiro atoms. The zero-order chi connectivity index (χ0) is 21.0. The minimum Gasteiger partial charge on any atom is -0.481 e. The normalized spacial score (nSPS) is 16.6. The van der Waals surface area contributed by atoms with E-state index in [2.05, 4.69) is 12.2 Å². The molecular formula is C22H26ClNO4S. The Bertz CT molecular complexity index is 895. The van der Waals surface area contributed by atoms with Crippen LogP contribution in [0.15, 0.2) is 24.3 Å². The van der Waals surface area contributed by atoms with Gasteiger partial charge in [0.2, 0.25) is 0 Å². The third-order valence-electron chi connectivity index (χ3n) is 5.14. The van der Waals surface area contributed by atoms with Crippen LogP contribution in [0.4, 0.5) is 5.00 Å². The number of nitrogens with one attached hydrogen (secondary N) is 1. The number of carbonyl (C=O) groups is 2. The van der Waals surface area contributed by atoms with Gasteiger partial charge in [-0.3, -0.25) is 4.79 Å². The predicted octanol–water partition coefficient (Wildman–Crippen LogP) is 5.50. The maximum absolute atomic E-state index is 12.8. The quantitative estimate of drug-likeness (QED) is 0.583. The summed E-state index contributed by atoms with van der Waals surface area (Å²) in [6.45, 7) is 5.93. The van der Waals surface area contributed by atoms with Crippen LogP contribution in [0, 0.1) is 5.92 Å². The molecule has 1 aliphatic carbocycles. The highest BCUT2D eigenvalue weighted by molar-refractivity contribution is 7.17. The number of carbonyl (C=O) groups excluding carboxylic acids is 2. The van der Waals surface area contributed by atoms with Gasteiger partial charge in [-0.2, -0.15) is 0 Å². The molecule has 0 fully saturated rings. The van der Waals surface area contributed by atoms with E-state index in [0.29, 0.717) is 33.9 Å². The van der Waals surface area contributed by atoms with Gasteiger partial charge in [0, 0.05) is 9.90 Å². The number of esters is 1. The van der Waals surface area contributed by atoms with Crippen molar-refractivity contribution in [2.75, 3.05) is 11.9 Å². The molecule has 7 heteroatoms. The number of hydrogen-bond donors (Lipinski definition) is 1. The Labute approximate surface area is 180 Å². The summed E-state index contributed by atoms with van der Waals surface area (Å²) >= 11 is 7.45. The number of hydrogen-bond acceptors (Lipinski definition) is 5. The lowest BCUT2D eigenvalue weighted by atomic mass is 9.85. The average molecular weight is 436 g/mol. The molecule has 1 aromatic heterocycles. The largest absolute Gasteiger partial charge is 0.481 e. The molecule has 0 aliphatic heterocycles. The van der Waals surface area contributed by atoms with E-state index in [0.717, 1.165) is 31.2 Å². The van der Waals surface area contributed by atoms with Gasteiger partial charge in [-0.05, 0) is 62.8 Å². The summed E-state index contributed by atoms with van der Waals surface area (Å²) in [4.78, 5) is 26.5. The van der Waals surface area contributed by atoms with E-state index in [1.165, 1.54) is 16.2 Å². The van der Waals surface area contributed by atoms with E-state index in [1.54, 1.807) is 38.1 Å². The SMILES string of the molecule is CCOC(=O)c1c(NC(=O)C(C)Oc2cccc(Cl)c2)sc2c1CCC(CC)C2. The van der Waals surface area contributed by atoms with E-state index >= 15 is 0 Å². The number of anilines is 1. The summed E-state index contributed by atoms with van der Waals surface area (Å²) in [6, 6.07) is 6.90. The van der Waals surface area contributed by atoms with Gasteiger partial charge in [0.25, 0.3) is 5.91 Å². The van der Waals surface area contributed by atoms with Crippen LogP contribution < -0.4 is 10.1 Å². The highest BCUT2D eigenvalue weighted by Gasteiger charge is 2.30. The van der Waals surface area contributed by atoms with Crippen LogP contribution in [0.2, 0.25) is 5.02 Å². The van der Waals surface area contributed by atoms with Crippen LogP contribution in [0.5, 0.6) is 5.75 Å². The first-order chi connectivity index (χ1) is 13.9. The summed E-state index contributed by atoms with van der Waals surface area (Å²) in [7, 11) is 0. The molecule has 1 aromatic carbocycles. The molecule has 29 heavy (non-hydrogen) atoms. The van der Waals surface area contributed by atoms with Gasteiger partial charge < -0.3 is 14.8 Å². The van der Waals surface area contributed by atoms with Crippen molar-refractivity contribution in [1.82, 2.24) is 0 Å². The predicted molar refractivity (Wildman–Crippen MR) is 116 cm³/mol. The molecule has 5 nitrogen and oxygen atoms in total. The zero-order valence-corrected chi connectivity index (χ0v) is 18.5. The summed E-state index contributed by atoms with van der Waals surface area (Å²) in [6.07, 6.45) is 3.19. The van der Waals surface area contributed by atoms with Crippen LogP contribution in [0.1, 0.15) is 54.4 Å². The van der Waals surface area contributed by atoms with Crippen LogP contribution in [-0.2, 0) is 22.4 Å². The number of thiophene rings is 1. The number of ether oxygens (including phenoxy) is 2. The number of amides is 1. The Balaban J connectivity index is 1.80. The van der Waals surface area contributed by atoms with Gasteiger partial charge in [-0.15, -0.1) is 11.3 Å². The second kappa shape index (κ2) is 9.63. The van der Waals surface area contributed by atoms with Gasteiger partial charge in [0.1, 0.15) is 10.8 Å². The van der Waals surface area contributed by atoms with Crippen LogP contribution in [0.25, 0.3) is 0 Å². The maximum atomic E-state index is 12.8. The molecule has 0 saturated heterocycles. The Morgan fingerprint density at radius 3 is 2.83 bits per heavy atom. The fraction of sp³-hybridized carbons (Fsp3) is 0.455. The van der Waals surface area contributed by atoms with E-state index in [4.69, 9.17) is 21.1 Å². The molecular weight excluding hydrogens is 410 g/mol. The molecule has 1 heterocycles. The molecule has 1 N–H and O–H groups in total. The Morgan fingerprint density at radius 1 is 1.34 bits per heavy atom. The first-order valence-corrected chi connectivity index (χ1v) is 11.2. The Kier molecular flexibility index (Phi) is 7.19. The van der Waals surface area contributed by atoms with Crippen LogP contribution in [-0.4, -0.2) is 24.6 Å². The van der Waals surface area contributed by atoms with Crippen molar-refractivity contribution in [2.24, 2.45) is 5.92 Å². The van der Waals surface area contributed by atoms with E-state index in [1.807, 2.05) is 0 Å². The van der Waals surface area contributed by atoms with Gasteiger partial charge in [0.15, 0.2) is 6.10 Å². The summed E-state index contributed by atoms with van der Waals surface area (Å²) < 4.78 is 11.0. The highest BCUT2D eigenvalue weighted by atomic mass is 35.5. The molecule has 0 saturated carbocycles. The lowest BCUT2D eigenvalue weighted by Crippen LogP contribution is -2.30. The van der Waals surface area contributed by atoms with Crippen molar-refractivity contribution < 1.29 is 19.1 Å². The van der Waals surface area contributed by atoms with Crippen molar-refractivity contribution in [1.29, 1.82) is 0 Å². The molecule has 1 aliphatic rings. The van der Waals surface area contributed by atoms with Crippen molar-refractivity contribution in [3.8, 4) is 5.75 Å². The third kappa shape index (κ3) is 5.11. The van der Waals surface area contributed by atoms with Crippen molar-refractivity contribution >= 4 is 39.8 Å². The number of halogens is 1. The number of fused-ring (bicyclic) bond motifs is 1. The molecule has 2 aromatic rings. The second-order valence-corrected chi connectivity index (χ2v) is 8.69. The molecule has 2 atom stereocenters. The monoisotopic (exact) mass is 435 g/mol. The van der Waals surface area contributed by atoms with Crippen molar-refractivity contribution in [3.05, 3.63) is 45.3 Å². The minimum absolute atomic E-state index is 0.294. The second-order valence-electron chi connectivity index (χ2n) is 7.15. The maximum Gasteiger partial charge on any atom is 0.341 e. The standard InChI is InChI=1S/C22H26ClNO4S/c1-4-14-9-10-17-18(11-14)29-21(19(17)22(26)27-5-2)24-20(25)13(3)28-16-8-6-7-15(23)12-16/h6-8,12-14H,4-5,9-11H2,1-3H3,(H,24,25). The number of rotatable bonds is 7. The highest BCUT2D eigenvalue weighted by Crippen LogP contribution is 2.41. The molecule has 3 rings (SSSR count). The van der Waals surface area contributed by atoms with Crippen molar-refractivity contribution in [3.63, 3.8) is 0 Å². The molecule has 1 amide bonds. The minimum atomic E-state index is -0.744. The summed E-state index contributed by atoms with van der Waals surface area (Å²) in [5.74, 6) is 0.437. The number of benzene rings is 1. The van der Waals surface area contributed by atoms with E-state index in [9.17, 15) is 9.59 Å². The third-order valence-corrected chi connectivity index (χ3v) is 6.54. The van der Waals surface area contributed by atoms with E-state index in [-0.39, 0.29) is 11.9 Å². The molecule has 0 bridgehead atoms. The Morgan fingerprint density at radius 2 is 2.14 bits per heavy atom. The zero-order valence-electron chi connectivity index (χ0n) is 16.9. The average Bonchev–Trinajstić information content (AvgIpc) is 3.04. The van der Waals surface area contributed by atoms with Crippen molar-refractivity contribution in [2.45, 2.75) is 52.6 Å². The lowest BCUT2D eigenvalue weighted by Gasteiger charge is -2.21. The molecule has 0 radical (unpaired) electrons. The van der Waals surface area contributed by atoms with E-state index < -0.39 is 6.10 Å². The lowest BCUT2D eigenvalue weighted by molar-refractivity contribution is -0.122. The topological polar surface area (TPSA) is 64.6 Å². The first-order valence-electron chi connectivity index (χ1n) is 9.97. The summed E-state index contributed by atoms with van der Waals surface area (Å²) in [5, 5.41) is 3.99.